The van der Waals surface area contributed by atoms with Crippen LogP contribution in [-0.2, 0) is 19.9 Å². The molecule has 1 aromatic heterocycles. The summed E-state index contributed by atoms with van der Waals surface area (Å²) < 4.78 is 48.3. The van der Waals surface area contributed by atoms with Crippen molar-refractivity contribution in [2.45, 2.75) is 24.4 Å². The number of nitrogens with one attached hydrogen (secondary N) is 1. The van der Waals surface area contributed by atoms with Gasteiger partial charge in [-0.25, -0.2) is 21.8 Å². The highest BCUT2D eigenvalue weighted by Gasteiger charge is 2.37. The molecule has 0 radical (unpaired) electrons. The summed E-state index contributed by atoms with van der Waals surface area (Å²) in [5.74, 6) is 0.427. The zero-order valence-corrected chi connectivity index (χ0v) is 11.8. The van der Waals surface area contributed by atoms with E-state index in [0.717, 1.165) is 4.31 Å². The quantitative estimate of drug-likeness (QED) is 0.811. The average molecular weight is 293 g/mol. The van der Waals surface area contributed by atoms with Crippen molar-refractivity contribution in [3.63, 3.8) is 0 Å². The molecule has 0 amide bonds. The third kappa shape index (κ3) is 2.43. The Labute approximate surface area is 106 Å². The first-order valence-corrected chi connectivity index (χ1v) is 8.68. The molecule has 2 rings (SSSR count). The molecule has 1 saturated heterocycles. The maximum Gasteiger partial charge on any atom is 0.260 e. The van der Waals surface area contributed by atoms with Crippen molar-refractivity contribution in [2.75, 3.05) is 18.6 Å². The number of imidazole rings is 1. The smallest absolute Gasteiger partial charge is 0.260 e. The van der Waals surface area contributed by atoms with Crippen molar-refractivity contribution in [3.8, 4) is 0 Å². The second-order valence-electron chi connectivity index (χ2n) is 4.41. The number of sulfone groups is 1. The van der Waals surface area contributed by atoms with Crippen LogP contribution in [-0.4, -0.2) is 55.7 Å². The van der Waals surface area contributed by atoms with Crippen LogP contribution in [0.3, 0.4) is 0 Å². The first-order valence-electron chi connectivity index (χ1n) is 5.42. The first kappa shape index (κ1) is 13.5. The van der Waals surface area contributed by atoms with E-state index >= 15 is 0 Å². The van der Waals surface area contributed by atoms with Gasteiger partial charge in [-0.1, -0.05) is 0 Å². The van der Waals surface area contributed by atoms with Crippen LogP contribution in [0.4, 0.5) is 0 Å². The van der Waals surface area contributed by atoms with Crippen LogP contribution in [0.2, 0.25) is 0 Å². The lowest BCUT2D eigenvalue weighted by Crippen LogP contribution is -2.37. The second kappa shape index (κ2) is 4.32. The van der Waals surface area contributed by atoms with Gasteiger partial charge >= 0.3 is 0 Å². The predicted molar refractivity (Wildman–Crippen MR) is 65.3 cm³/mol. The largest absolute Gasteiger partial charge is 0.332 e. The highest BCUT2D eigenvalue weighted by Crippen LogP contribution is 2.22. The Morgan fingerprint density at radius 1 is 1.50 bits per heavy atom. The standard InChI is InChI=1S/C9H15N3O4S2/c1-7-10-5-9(11-7)18(15,16)12(2)8-3-4-17(13,14)6-8/h5,8H,3-4,6H2,1-2H3,(H,10,11). The fourth-order valence-corrected chi connectivity index (χ4v) is 5.16. The Bertz CT molecular complexity index is 647. The molecule has 1 atom stereocenters. The van der Waals surface area contributed by atoms with Crippen molar-refractivity contribution in [3.05, 3.63) is 12.0 Å². The number of H-pyrrole nitrogens is 1. The predicted octanol–water partition coefficient (Wildman–Crippen LogP) is -0.474. The topological polar surface area (TPSA) is 100 Å². The number of aromatic nitrogens is 2. The Balaban J connectivity index is 2.26. The lowest BCUT2D eigenvalue weighted by atomic mass is 10.3. The zero-order chi connectivity index (χ0) is 13.6. The number of hydrogen-bond acceptors (Lipinski definition) is 5. The minimum absolute atomic E-state index is 0.00759. The lowest BCUT2D eigenvalue weighted by Gasteiger charge is -2.21. The van der Waals surface area contributed by atoms with E-state index < -0.39 is 25.9 Å². The van der Waals surface area contributed by atoms with Crippen LogP contribution in [0.1, 0.15) is 12.2 Å². The maximum atomic E-state index is 12.2. The molecular formula is C9H15N3O4S2. The van der Waals surface area contributed by atoms with Gasteiger partial charge in [0.1, 0.15) is 5.82 Å². The second-order valence-corrected chi connectivity index (χ2v) is 8.61. The molecule has 1 aliphatic rings. The molecule has 1 N–H and O–H groups in total. The molecule has 9 heteroatoms. The van der Waals surface area contributed by atoms with Crippen LogP contribution in [0, 0.1) is 6.92 Å². The van der Waals surface area contributed by atoms with Gasteiger partial charge < -0.3 is 4.98 Å². The highest BCUT2D eigenvalue weighted by molar-refractivity contribution is 7.92. The SMILES string of the molecule is Cc1ncc(S(=O)(=O)N(C)C2CCS(=O)(=O)C2)[nH]1. The van der Waals surface area contributed by atoms with Crippen LogP contribution in [0.25, 0.3) is 0 Å². The van der Waals surface area contributed by atoms with E-state index in [9.17, 15) is 16.8 Å². The normalized spacial score (nSPS) is 23.6. The monoisotopic (exact) mass is 293 g/mol. The highest BCUT2D eigenvalue weighted by atomic mass is 32.2. The van der Waals surface area contributed by atoms with Crippen LogP contribution in [0.15, 0.2) is 11.2 Å². The van der Waals surface area contributed by atoms with Crippen LogP contribution >= 0.6 is 0 Å². The van der Waals surface area contributed by atoms with Crippen LogP contribution in [0.5, 0.6) is 0 Å². The van der Waals surface area contributed by atoms with Crippen molar-refractivity contribution in [1.29, 1.82) is 0 Å². The molecule has 2 heterocycles. The number of aryl methyl sites for hydroxylation is 1. The van der Waals surface area contributed by atoms with E-state index in [1.807, 2.05) is 0 Å². The molecule has 0 spiro atoms. The van der Waals surface area contributed by atoms with E-state index in [0.29, 0.717) is 12.2 Å². The van der Waals surface area contributed by atoms with Gasteiger partial charge in [-0.15, -0.1) is 0 Å². The summed E-state index contributed by atoms with van der Waals surface area (Å²) in [6, 6.07) is -0.497. The van der Waals surface area contributed by atoms with E-state index in [1.54, 1.807) is 6.92 Å². The molecule has 102 valence electrons. The molecule has 1 fully saturated rings. The Hall–Kier alpha value is -0.930. The Kier molecular flexibility index (Phi) is 3.24. The minimum Gasteiger partial charge on any atom is -0.332 e. The maximum absolute atomic E-state index is 12.2. The number of sulfonamides is 1. The summed E-state index contributed by atoms with van der Waals surface area (Å²) >= 11 is 0. The van der Waals surface area contributed by atoms with Gasteiger partial charge in [-0.05, 0) is 13.3 Å². The summed E-state index contributed by atoms with van der Waals surface area (Å²) in [6.07, 6.45) is 1.58. The van der Waals surface area contributed by atoms with Gasteiger partial charge in [0, 0.05) is 13.1 Å². The Morgan fingerprint density at radius 2 is 2.17 bits per heavy atom. The minimum atomic E-state index is -3.70. The molecule has 0 saturated carbocycles. The molecule has 0 aromatic carbocycles. The third-order valence-corrected chi connectivity index (χ3v) is 6.63. The summed E-state index contributed by atoms with van der Waals surface area (Å²) in [5, 5.41) is -0.00759. The fraction of sp³-hybridized carbons (Fsp3) is 0.667. The van der Waals surface area contributed by atoms with Gasteiger partial charge in [0.2, 0.25) is 0 Å². The number of rotatable bonds is 3. The van der Waals surface area contributed by atoms with Crippen molar-refractivity contribution >= 4 is 19.9 Å². The molecule has 0 bridgehead atoms. The van der Waals surface area contributed by atoms with Crippen LogP contribution < -0.4 is 0 Å². The number of nitrogens with zero attached hydrogens (tertiary/aromatic N) is 2. The van der Waals surface area contributed by atoms with Crippen molar-refractivity contribution in [1.82, 2.24) is 14.3 Å². The molecule has 1 unspecified atom stereocenters. The molecule has 0 aliphatic carbocycles. The van der Waals surface area contributed by atoms with Crippen molar-refractivity contribution < 1.29 is 16.8 Å². The first-order chi connectivity index (χ1) is 8.22. The Morgan fingerprint density at radius 3 is 2.61 bits per heavy atom. The fourth-order valence-electron chi connectivity index (χ4n) is 1.94. The molecular weight excluding hydrogens is 278 g/mol. The average Bonchev–Trinajstić information content (AvgIpc) is 2.83. The molecule has 1 aliphatic heterocycles. The summed E-state index contributed by atoms with van der Waals surface area (Å²) in [5.41, 5.74) is 0. The van der Waals surface area contributed by atoms with E-state index in [4.69, 9.17) is 0 Å². The van der Waals surface area contributed by atoms with Gasteiger partial charge in [0.25, 0.3) is 10.0 Å². The number of hydrogen-bond donors (Lipinski definition) is 1. The van der Waals surface area contributed by atoms with E-state index in [2.05, 4.69) is 9.97 Å². The molecule has 18 heavy (non-hydrogen) atoms. The van der Waals surface area contributed by atoms with Gasteiger partial charge in [-0.3, -0.25) is 0 Å². The van der Waals surface area contributed by atoms with E-state index in [1.165, 1.54) is 13.2 Å². The van der Waals surface area contributed by atoms with Gasteiger partial charge in [0.05, 0.1) is 17.7 Å². The van der Waals surface area contributed by atoms with Crippen molar-refractivity contribution in [2.24, 2.45) is 0 Å². The van der Waals surface area contributed by atoms with E-state index in [-0.39, 0.29) is 16.5 Å². The zero-order valence-electron chi connectivity index (χ0n) is 10.1. The summed E-state index contributed by atoms with van der Waals surface area (Å²) in [6.45, 7) is 1.65. The van der Waals surface area contributed by atoms with Gasteiger partial charge in [0.15, 0.2) is 14.9 Å². The third-order valence-electron chi connectivity index (χ3n) is 3.06. The number of aromatic amines is 1. The summed E-state index contributed by atoms with van der Waals surface area (Å²) in [7, 11) is -5.41. The molecule has 7 nitrogen and oxygen atoms in total. The summed E-state index contributed by atoms with van der Waals surface area (Å²) in [4.78, 5) is 6.49. The van der Waals surface area contributed by atoms with Gasteiger partial charge in [-0.2, -0.15) is 4.31 Å². The molecule has 1 aromatic rings. The lowest BCUT2D eigenvalue weighted by molar-refractivity contribution is 0.392.